The second kappa shape index (κ2) is 7.40. The van der Waals surface area contributed by atoms with E-state index in [1.807, 2.05) is 31.2 Å². The maximum Gasteiger partial charge on any atom is 0.211 e. The van der Waals surface area contributed by atoms with Crippen LogP contribution in [0.2, 0.25) is 0 Å². The number of rotatable bonds is 7. The molecule has 2 aromatic rings. The van der Waals surface area contributed by atoms with Gasteiger partial charge < -0.3 is 5.32 Å². The minimum absolute atomic E-state index is 0.452. The predicted molar refractivity (Wildman–Crippen MR) is 91.7 cm³/mol. The molecule has 0 aliphatic rings. The van der Waals surface area contributed by atoms with Gasteiger partial charge in [-0.3, -0.25) is 4.98 Å². The fourth-order valence-electron chi connectivity index (χ4n) is 2.44. The molecule has 0 radical (unpaired) electrons. The summed E-state index contributed by atoms with van der Waals surface area (Å²) < 4.78 is 24.5. The molecule has 23 heavy (non-hydrogen) atoms. The largest absolute Gasteiger partial charge is 0.383 e. The summed E-state index contributed by atoms with van der Waals surface area (Å²) in [6.07, 6.45) is 3.43. The average Bonchev–Trinajstić information content (AvgIpc) is 2.53. The molecule has 0 spiro atoms. The monoisotopic (exact) mass is 332 g/mol. The fraction of sp³-hybridized carbons (Fsp3) is 0.375. The number of hydrogen-bond donors (Lipinski definition) is 1. The maximum atomic E-state index is 11.6. The number of sulfonamides is 1. The first kappa shape index (κ1) is 17.2. The number of nitriles is 1. The van der Waals surface area contributed by atoms with Crippen LogP contribution in [-0.4, -0.2) is 43.6 Å². The van der Waals surface area contributed by atoms with Crippen LogP contribution in [0.4, 0.5) is 5.69 Å². The highest BCUT2D eigenvalue weighted by atomic mass is 32.2. The number of para-hydroxylation sites is 1. The van der Waals surface area contributed by atoms with Crippen molar-refractivity contribution in [2.45, 2.75) is 13.3 Å². The lowest BCUT2D eigenvalue weighted by Crippen LogP contribution is -2.31. The first-order chi connectivity index (χ1) is 11.0. The molecule has 0 fully saturated rings. The van der Waals surface area contributed by atoms with Crippen LogP contribution in [-0.2, 0) is 10.0 Å². The van der Waals surface area contributed by atoms with Crippen molar-refractivity contribution in [2.24, 2.45) is 0 Å². The van der Waals surface area contributed by atoms with Crippen molar-refractivity contribution in [3.05, 3.63) is 36.0 Å². The summed E-state index contributed by atoms with van der Waals surface area (Å²) in [6.45, 7) is 3.31. The minimum atomic E-state index is -3.16. The van der Waals surface area contributed by atoms with Crippen LogP contribution in [0.25, 0.3) is 10.9 Å². The lowest BCUT2D eigenvalue weighted by Gasteiger charge is -2.18. The zero-order valence-electron chi connectivity index (χ0n) is 13.3. The molecule has 0 bridgehead atoms. The molecule has 7 heteroatoms. The van der Waals surface area contributed by atoms with Gasteiger partial charge in [0.2, 0.25) is 10.0 Å². The summed E-state index contributed by atoms with van der Waals surface area (Å²) in [5.74, 6) is 0. The molecule has 0 aliphatic heterocycles. The third-order valence-corrected chi connectivity index (χ3v) is 4.98. The van der Waals surface area contributed by atoms with Crippen molar-refractivity contribution < 1.29 is 8.42 Å². The number of nitrogens with one attached hydrogen (secondary N) is 1. The summed E-state index contributed by atoms with van der Waals surface area (Å²) in [6, 6.07) is 9.75. The van der Waals surface area contributed by atoms with Gasteiger partial charge in [0.25, 0.3) is 0 Å². The molecule has 0 amide bonds. The van der Waals surface area contributed by atoms with E-state index in [0.717, 1.165) is 16.6 Å². The molecule has 0 saturated heterocycles. The van der Waals surface area contributed by atoms with E-state index >= 15 is 0 Å². The Morgan fingerprint density at radius 3 is 2.74 bits per heavy atom. The summed E-state index contributed by atoms with van der Waals surface area (Å²) in [4.78, 5) is 4.26. The quantitative estimate of drug-likeness (QED) is 0.786. The van der Waals surface area contributed by atoms with Crippen LogP contribution in [0.1, 0.15) is 18.9 Å². The Morgan fingerprint density at radius 2 is 2.09 bits per heavy atom. The van der Waals surface area contributed by atoms with E-state index in [9.17, 15) is 13.7 Å². The Kier molecular flexibility index (Phi) is 5.53. The number of aromatic nitrogens is 1. The lowest BCUT2D eigenvalue weighted by atomic mass is 10.1. The smallest absolute Gasteiger partial charge is 0.211 e. The van der Waals surface area contributed by atoms with Gasteiger partial charge in [0.15, 0.2) is 0 Å². The first-order valence-electron chi connectivity index (χ1n) is 7.44. The van der Waals surface area contributed by atoms with E-state index in [4.69, 9.17) is 0 Å². The fourth-order valence-corrected chi connectivity index (χ4v) is 3.37. The minimum Gasteiger partial charge on any atom is -0.383 e. The maximum absolute atomic E-state index is 11.6. The highest BCUT2D eigenvalue weighted by molar-refractivity contribution is 7.88. The third-order valence-electron chi connectivity index (χ3n) is 3.60. The number of pyridine rings is 1. The van der Waals surface area contributed by atoms with Gasteiger partial charge in [0.1, 0.15) is 6.07 Å². The van der Waals surface area contributed by atoms with Crippen LogP contribution in [0.15, 0.2) is 30.5 Å². The number of fused-ring (bicyclic) bond motifs is 1. The van der Waals surface area contributed by atoms with E-state index in [1.54, 1.807) is 6.20 Å². The number of benzene rings is 1. The predicted octanol–water partition coefficient (Wildman–Crippen LogP) is 2.19. The molecule has 0 unspecified atom stereocenters. The second-order valence-corrected chi connectivity index (χ2v) is 7.19. The SMILES string of the molecule is CCN(CCCNc1c(C#N)cnc2ccccc12)S(C)(=O)=O. The lowest BCUT2D eigenvalue weighted by molar-refractivity contribution is 0.429. The van der Waals surface area contributed by atoms with Gasteiger partial charge in [-0.15, -0.1) is 0 Å². The Hall–Kier alpha value is -2.17. The topological polar surface area (TPSA) is 86.1 Å². The van der Waals surface area contributed by atoms with Crippen LogP contribution < -0.4 is 5.32 Å². The normalized spacial score (nSPS) is 11.6. The standard InChI is InChI=1S/C16H20N4O2S/c1-3-20(23(2,21)22)10-6-9-18-16-13(11-17)12-19-15-8-5-4-7-14(15)16/h4-5,7-8,12H,3,6,9-10H2,1-2H3,(H,18,19). The zero-order chi connectivity index (χ0) is 16.9. The summed E-state index contributed by atoms with van der Waals surface area (Å²) in [7, 11) is -3.16. The zero-order valence-corrected chi connectivity index (χ0v) is 14.1. The summed E-state index contributed by atoms with van der Waals surface area (Å²) in [5.41, 5.74) is 2.06. The Labute approximate surface area is 136 Å². The Bertz CT molecular complexity index is 828. The van der Waals surface area contributed by atoms with Crippen LogP contribution in [0.3, 0.4) is 0 Å². The second-order valence-electron chi connectivity index (χ2n) is 5.21. The van der Waals surface area contributed by atoms with Gasteiger partial charge >= 0.3 is 0 Å². The van der Waals surface area contributed by atoms with Gasteiger partial charge in [-0.2, -0.15) is 5.26 Å². The van der Waals surface area contributed by atoms with Crippen molar-refractivity contribution in [1.29, 1.82) is 5.26 Å². The van der Waals surface area contributed by atoms with Crippen LogP contribution in [0.5, 0.6) is 0 Å². The molecule has 0 atom stereocenters. The average molecular weight is 332 g/mol. The number of hydrogen-bond acceptors (Lipinski definition) is 5. The van der Waals surface area contributed by atoms with Crippen molar-refractivity contribution in [2.75, 3.05) is 31.2 Å². The van der Waals surface area contributed by atoms with Gasteiger partial charge in [-0.05, 0) is 12.5 Å². The molecule has 6 nitrogen and oxygen atoms in total. The van der Waals surface area contributed by atoms with Crippen molar-refractivity contribution in [3.8, 4) is 6.07 Å². The van der Waals surface area contributed by atoms with E-state index in [0.29, 0.717) is 31.6 Å². The highest BCUT2D eigenvalue weighted by Gasteiger charge is 2.13. The molecule has 2 rings (SSSR count). The van der Waals surface area contributed by atoms with Crippen molar-refractivity contribution in [1.82, 2.24) is 9.29 Å². The van der Waals surface area contributed by atoms with E-state index in [1.165, 1.54) is 10.6 Å². The molecule has 122 valence electrons. The van der Waals surface area contributed by atoms with Crippen molar-refractivity contribution >= 4 is 26.6 Å². The van der Waals surface area contributed by atoms with E-state index in [-0.39, 0.29) is 0 Å². The highest BCUT2D eigenvalue weighted by Crippen LogP contribution is 2.25. The molecule has 0 aliphatic carbocycles. The van der Waals surface area contributed by atoms with Crippen LogP contribution in [0, 0.1) is 11.3 Å². The van der Waals surface area contributed by atoms with Gasteiger partial charge in [0.05, 0.1) is 23.0 Å². The molecular weight excluding hydrogens is 312 g/mol. The van der Waals surface area contributed by atoms with Gasteiger partial charge in [0, 0.05) is 31.2 Å². The molecule has 0 saturated carbocycles. The summed E-state index contributed by atoms with van der Waals surface area (Å²) >= 11 is 0. The third kappa shape index (κ3) is 4.18. The molecule has 1 heterocycles. The molecule has 1 N–H and O–H groups in total. The summed E-state index contributed by atoms with van der Waals surface area (Å²) in [5, 5.41) is 13.4. The van der Waals surface area contributed by atoms with Gasteiger partial charge in [-0.1, -0.05) is 25.1 Å². The number of anilines is 1. The molecular formula is C16H20N4O2S. The Balaban J connectivity index is 2.09. The van der Waals surface area contributed by atoms with Gasteiger partial charge in [-0.25, -0.2) is 12.7 Å². The Morgan fingerprint density at radius 1 is 1.35 bits per heavy atom. The number of nitrogens with zero attached hydrogens (tertiary/aromatic N) is 3. The first-order valence-corrected chi connectivity index (χ1v) is 9.29. The van der Waals surface area contributed by atoms with Crippen LogP contribution >= 0.6 is 0 Å². The van der Waals surface area contributed by atoms with E-state index < -0.39 is 10.0 Å². The molecule has 1 aromatic carbocycles. The van der Waals surface area contributed by atoms with E-state index in [2.05, 4.69) is 16.4 Å². The van der Waals surface area contributed by atoms with Crippen molar-refractivity contribution in [3.63, 3.8) is 0 Å². The molecule has 1 aromatic heterocycles.